The van der Waals surface area contributed by atoms with E-state index in [2.05, 4.69) is 14.9 Å². The number of nitrogens with two attached hydrogens (primary N) is 1. The van der Waals surface area contributed by atoms with E-state index in [4.69, 9.17) is 22.5 Å². The van der Waals surface area contributed by atoms with E-state index in [0.29, 0.717) is 17.0 Å². The van der Waals surface area contributed by atoms with Crippen LogP contribution in [0.25, 0.3) is 0 Å². The SMILES string of the molecule is Cc1nc(CNS(=O)(=O)Cc2ccccc2C(N)=S)no1. The number of nitrogens with one attached hydrogen (secondary N) is 1. The van der Waals surface area contributed by atoms with Crippen LogP contribution in [-0.2, 0) is 22.3 Å². The molecule has 21 heavy (non-hydrogen) atoms. The first kappa shape index (κ1) is 15.5. The second-order valence-corrected chi connectivity index (χ2v) is 6.58. The van der Waals surface area contributed by atoms with E-state index in [1.807, 2.05) is 0 Å². The minimum atomic E-state index is -3.57. The Morgan fingerprint density at radius 1 is 1.43 bits per heavy atom. The fraction of sp³-hybridized carbons (Fsp3) is 0.250. The highest BCUT2D eigenvalue weighted by Gasteiger charge is 2.16. The zero-order valence-corrected chi connectivity index (χ0v) is 12.9. The van der Waals surface area contributed by atoms with Crippen LogP contribution < -0.4 is 10.5 Å². The molecule has 112 valence electrons. The summed E-state index contributed by atoms with van der Waals surface area (Å²) < 4.78 is 31.3. The number of rotatable bonds is 6. The quantitative estimate of drug-likeness (QED) is 0.749. The molecule has 0 unspecified atom stereocenters. The van der Waals surface area contributed by atoms with Crippen molar-refractivity contribution in [3.8, 4) is 0 Å². The van der Waals surface area contributed by atoms with Gasteiger partial charge in [0.25, 0.3) is 0 Å². The predicted octanol–water partition coefficient (Wildman–Crippen LogP) is 0.632. The molecule has 9 heteroatoms. The van der Waals surface area contributed by atoms with Crippen molar-refractivity contribution in [3.63, 3.8) is 0 Å². The lowest BCUT2D eigenvalue weighted by Crippen LogP contribution is -2.26. The molecule has 1 aromatic carbocycles. The van der Waals surface area contributed by atoms with Gasteiger partial charge in [0, 0.05) is 12.5 Å². The van der Waals surface area contributed by atoms with Crippen molar-refractivity contribution >= 4 is 27.2 Å². The van der Waals surface area contributed by atoms with Crippen LogP contribution in [0.4, 0.5) is 0 Å². The topological polar surface area (TPSA) is 111 Å². The number of hydrogen-bond donors (Lipinski definition) is 2. The van der Waals surface area contributed by atoms with E-state index in [-0.39, 0.29) is 23.1 Å². The molecule has 0 aliphatic carbocycles. The van der Waals surface area contributed by atoms with Crippen LogP contribution >= 0.6 is 12.2 Å². The Kier molecular flexibility index (Phi) is 4.66. The molecule has 0 amide bonds. The number of thiocarbonyl (C=S) groups is 1. The van der Waals surface area contributed by atoms with Gasteiger partial charge in [-0.05, 0) is 5.56 Å². The lowest BCUT2D eigenvalue weighted by molar-refractivity contribution is 0.387. The van der Waals surface area contributed by atoms with Crippen LogP contribution in [-0.4, -0.2) is 23.5 Å². The molecule has 7 nitrogen and oxygen atoms in total. The van der Waals surface area contributed by atoms with Crippen LogP contribution in [0.5, 0.6) is 0 Å². The van der Waals surface area contributed by atoms with Gasteiger partial charge in [-0.15, -0.1) is 0 Å². The minimum absolute atomic E-state index is 0.0328. The van der Waals surface area contributed by atoms with Crippen LogP contribution in [0.1, 0.15) is 22.8 Å². The summed E-state index contributed by atoms with van der Waals surface area (Å²) in [5.41, 5.74) is 6.68. The van der Waals surface area contributed by atoms with Crippen molar-refractivity contribution in [1.29, 1.82) is 0 Å². The molecule has 2 rings (SSSR count). The molecule has 2 aromatic rings. The summed E-state index contributed by atoms with van der Waals surface area (Å²) in [6.45, 7) is 1.60. The maximum atomic E-state index is 12.1. The summed E-state index contributed by atoms with van der Waals surface area (Å²) >= 11 is 4.91. The van der Waals surface area contributed by atoms with E-state index in [1.54, 1.807) is 31.2 Å². The van der Waals surface area contributed by atoms with E-state index >= 15 is 0 Å². The van der Waals surface area contributed by atoms with Gasteiger partial charge in [-0.1, -0.05) is 41.6 Å². The van der Waals surface area contributed by atoms with Gasteiger partial charge in [0.05, 0.1) is 12.3 Å². The summed E-state index contributed by atoms with van der Waals surface area (Å²) in [4.78, 5) is 4.08. The molecule has 0 bridgehead atoms. The summed E-state index contributed by atoms with van der Waals surface area (Å²) in [7, 11) is -3.57. The molecule has 1 heterocycles. The van der Waals surface area contributed by atoms with Crippen LogP contribution in [0.3, 0.4) is 0 Å². The second-order valence-electron chi connectivity index (χ2n) is 4.33. The number of nitrogens with zero attached hydrogens (tertiary/aromatic N) is 2. The highest BCUT2D eigenvalue weighted by atomic mass is 32.2. The van der Waals surface area contributed by atoms with Gasteiger partial charge < -0.3 is 10.3 Å². The molecule has 0 atom stereocenters. The zero-order valence-electron chi connectivity index (χ0n) is 11.2. The van der Waals surface area contributed by atoms with Crippen molar-refractivity contribution < 1.29 is 12.9 Å². The first-order valence-corrected chi connectivity index (χ1v) is 8.07. The molecule has 0 saturated heterocycles. The Balaban J connectivity index is 2.09. The maximum Gasteiger partial charge on any atom is 0.223 e. The first-order valence-electron chi connectivity index (χ1n) is 6.01. The van der Waals surface area contributed by atoms with Crippen molar-refractivity contribution in [2.45, 2.75) is 19.2 Å². The van der Waals surface area contributed by atoms with Crippen molar-refractivity contribution in [2.75, 3.05) is 0 Å². The smallest absolute Gasteiger partial charge is 0.223 e. The highest BCUT2D eigenvalue weighted by molar-refractivity contribution is 7.88. The summed E-state index contributed by atoms with van der Waals surface area (Å²) in [5.74, 6) is 0.430. The third kappa shape index (κ3) is 4.31. The van der Waals surface area contributed by atoms with E-state index < -0.39 is 10.0 Å². The molecular weight excluding hydrogens is 312 g/mol. The molecule has 0 spiro atoms. The molecule has 3 N–H and O–H groups in total. The molecular formula is C12H14N4O3S2. The Labute approximate surface area is 127 Å². The van der Waals surface area contributed by atoms with E-state index in [0.717, 1.165) is 0 Å². The number of hydrogen-bond acceptors (Lipinski definition) is 6. The van der Waals surface area contributed by atoms with Gasteiger partial charge in [0.1, 0.15) is 4.99 Å². The van der Waals surface area contributed by atoms with E-state index in [1.165, 1.54) is 0 Å². The van der Waals surface area contributed by atoms with Crippen LogP contribution in [0, 0.1) is 6.92 Å². The summed E-state index contributed by atoms with van der Waals surface area (Å²) in [6.07, 6.45) is 0. The maximum absolute atomic E-state index is 12.1. The van der Waals surface area contributed by atoms with Gasteiger partial charge >= 0.3 is 0 Å². The Bertz CT molecular complexity index is 755. The number of aryl methyl sites for hydroxylation is 1. The standard InChI is InChI=1S/C12H14N4O3S2/c1-8-15-11(16-19-8)6-14-21(17,18)7-9-4-2-3-5-10(9)12(13)20/h2-5,14H,6-7H2,1H3,(H2,13,20). The monoisotopic (exact) mass is 326 g/mol. The second kappa shape index (κ2) is 6.29. The fourth-order valence-corrected chi connectivity index (χ4v) is 3.04. The van der Waals surface area contributed by atoms with Gasteiger partial charge in [0.15, 0.2) is 5.82 Å². The van der Waals surface area contributed by atoms with Gasteiger partial charge in [-0.2, -0.15) is 4.98 Å². The Morgan fingerprint density at radius 2 is 2.14 bits per heavy atom. The predicted molar refractivity (Wildman–Crippen MR) is 80.8 cm³/mol. The largest absolute Gasteiger partial charge is 0.389 e. The van der Waals surface area contributed by atoms with Crippen molar-refractivity contribution in [2.24, 2.45) is 5.73 Å². The summed E-state index contributed by atoms with van der Waals surface area (Å²) in [5, 5.41) is 3.62. The van der Waals surface area contributed by atoms with Crippen molar-refractivity contribution in [3.05, 3.63) is 47.1 Å². The molecule has 0 radical (unpaired) electrons. The number of benzene rings is 1. The average Bonchev–Trinajstić information content (AvgIpc) is 2.82. The summed E-state index contributed by atoms with van der Waals surface area (Å²) in [6, 6.07) is 6.84. The fourth-order valence-electron chi connectivity index (χ4n) is 1.73. The molecule has 0 aliphatic heterocycles. The van der Waals surface area contributed by atoms with Crippen molar-refractivity contribution in [1.82, 2.24) is 14.9 Å². The minimum Gasteiger partial charge on any atom is -0.389 e. The normalized spacial score (nSPS) is 11.5. The molecule has 0 saturated carbocycles. The third-order valence-corrected chi connectivity index (χ3v) is 4.14. The lowest BCUT2D eigenvalue weighted by Gasteiger charge is -2.09. The van der Waals surface area contributed by atoms with Gasteiger partial charge in [-0.25, -0.2) is 13.1 Å². The molecule has 1 aromatic heterocycles. The third-order valence-electron chi connectivity index (χ3n) is 2.65. The average molecular weight is 326 g/mol. The molecule has 0 fully saturated rings. The number of aromatic nitrogens is 2. The van der Waals surface area contributed by atoms with E-state index in [9.17, 15) is 8.42 Å². The molecule has 0 aliphatic rings. The van der Waals surface area contributed by atoms with Crippen LogP contribution in [0.15, 0.2) is 28.8 Å². The number of sulfonamides is 1. The Morgan fingerprint density at radius 3 is 2.76 bits per heavy atom. The first-order chi connectivity index (χ1) is 9.87. The van der Waals surface area contributed by atoms with Crippen LogP contribution in [0.2, 0.25) is 0 Å². The highest BCUT2D eigenvalue weighted by Crippen LogP contribution is 2.12. The Hall–Kier alpha value is -1.84. The van der Waals surface area contributed by atoms with Gasteiger partial charge in [-0.3, -0.25) is 0 Å². The van der Waals surface area contributed by atoms with Gasteiger partial charge in [0.2, 0.25) is 15.9 Å². The lowest BCUT2D eigenvalue weighted by atomic mass is 10.1. The zero-order chi connectivity index (χ0) is 15.5.